The second-order valence-corrected chi connectivity index (χ2v) is 6.57. The molecule has 1 atom stereocenters. The van der Waals surface area contributed by atoms with Crippen LogP contribution in [0.25, 0.3) is 0 Å². The van der Waals surface area contributed by atoms with Gasteiger partial charge in [-0.25, -0.2) is 15.0 Å². The van der Waals surface area contributed by atoms with Gasteiger partial charge in [0.1, 0.15) is 11.6 Å². The molecule has 0 radical (unpaired) electrons. The van der Waals surface area contributed by atoms with E-state index in [4.69, 9.17) is 4.74 Å². The second-order valence-electron chi connectivity index (χ2n) is 6.57. The average Bonchev–Trinajstić information content (AvgIpc) is 3.07. The van der Waals surface area contributed by atoms with Crippen molar-refractivity contribution in [1.82, 2.24) is 15.0 Å². The summed E-state index contributed by atoms with van der Waals surface area (Å²) in [4.78, 5) is 23.3. The zero-order valence-corrected chi connectivity index (χ0v) is 15.3. The van der Waals surface area contributed by atoms with Crippen LogP contribution in [0.2, 0.25) is 0 Å². The first-order valence-electron chi connectivity index (χ1n) is 8.62. The van der Waals surface area contributed by atoms with Crippen LogP contribution in [0.4, 0.5) is 26.1 Å². The number of pyridine rings is 1. The number of rotatable bonds is 5. The number of ether oxygens (including phenoxy) is 1. The molecular formula is C18H21F2N5O2. The molecule has 9 heteroatoms. The van der Waals surface area contributed by atoms with Gasteiger partial charge < -0.3 is 15.4 Å². The molecule has 27 heavy (non-hydrogen) atoms. The Kier molecular flexibility index (Phi) is 5.31. The third-order valence-electron chi connectivity index (χ3n) is 4.03. The van der Waals surface area contributed by atoms with E-state index < -0.39 is 11.7 Å². The van der Waals surface area contributed by atoms with Crippen LogP contribution in [0.1, 0.15) is 49.9 Å². The highest BCUT2D eigenvalue weighted by Gasteiger charge is 2.29. The Morgan fingerprint density at radius 3 is 2.70 bits per heavy atom. The van der Waals surface area contributed by atoms with Gasteiger partial charge in [-0.1, -0.05) is 0 Å². The lowest BCUT2D eigenvalue weighted by Gasteiger charge is -2.18. The lowest BCUT2D eigenvalue weighted by molar-refractivity contribution is -0.114. The van der Waals surface area contributed by atoms with Crippen molar-refractivity contribution in [1.29, 1.82) is 0 Å². The van der Waals surface area contributed by atoms with E-state index in [0.29, 0.717) is 23.8 Å². The van der Waals surface area contributed by atoms with E-state index in [1.165, 1.54) is 6.92 Å². The Labute approximate surface area is 155 Å². The van der Waals surface area contributed by atoms with Gasteiger partial charge in [0, 0.05) is 50.0 Å². The van der Waals surface area contributed by atoms with E-state index >= 15 is 0 Å². The molecular weight excluding hydrogens is 356 g/mol. The predicted molar refractivity (Wildman–Crippen MR) is 96.1 cm³/mol. The normalized spacial score (nSPS) is 17.0. The average molecular weight is 377 g/mol. The summed E-state index contributed by atoms with van der Waals surface area (Å²) in [5, 5.41) is 5.67. The Morgan fingerprint density at radius 1 is 1.30 bits per heavy atom. The monoisotopic (exact) mass is 377 g/mol. The number of anilines is 3. The fraction of sp³-hybridized carbons (Fsp3) is 0.444. The molecule has 2 aromatic rings. The molecule has 0 aliphatic carbocycles. The van der Waals surface area contributed by atoms with Crippen molar-refractivity contribution in [3.63, 3.8) is 0 Å². The lowest BCUT2D eigenvalue weighted by atomic mass is 10.1. The third-order valence-corrected chi connectivity index (χ3v) is 4.03. The number of aryl methyl sites for hydroxylation is 1. The Bertz CT molecular complexity index is 848. The van der Waals surface area contributed by atoms with Crippen LogP contribution in [-0.4, -0.2) is 27.5 Å². The Hall–Kier alpha value is -2.68. The molecule has 1 aliphatic rings. The highest BCUT2D eigenvalue weighted by Crippen LogP contribution is 2.35. The molecule has 144 valence electrons. The highest BCUT2D eigenvalue weighted by molar-refractivity contribution is 5.88. The van der Waals surface area contributed by atoms with E-state index in [2.05, 4.69) is 25.6 Å². The number of halogens is 2. The van der Waals surface area contributed by atoms with Gasteiger partial charge in [0.25, 0.3) is 0 Å². The van der Waals surface area contributed by atoms with Gasteiger partial charge in [-0.15, -0.1) is 0 Å². The molecule has 1 amide bonds. The van der Waals surface area contributed by atoms with Gasteiger partial charge in [-0.3, -0.25) is 4.79 Å². The van der Waals surface area contributed by atoms with Crippen molar-refractivity contribution in [2.24, 2.45) is 0 Å². The molecule has 0 aromatic carbocycles. The predicted octanol–water partition coefficient (Wildman–Crippen LogP) is 3.85. The van der Waals surface area contributed by atoms with E-state index in [1.54, 1.807) is 25.3 Å². The van der Waals surface area contributed by atoms with Crippen LogP contribution in [0.15, 0.2) is 18.3 Å². The van der Waals surface area contributed by atoms with Gasteiger partial charge in [-0.05, 0) is 19.8 Å². The highest BCUT2D eigenvalue weighted by atomic mass is 19.3. The third kappa shape index (κ3) is 4.73. The summed E-state index contributed by atoms with van der Waals surface area (Å²) in [6.07, 6.45) is 3.22. The van der Waals surface area contributed by atoms with E-state index in [-0.39, 0.29) is 17.8 Å². The lowest BCUT2D eigenvalue weighted by Crippen LogP contribution is -2.15. The standard InChI is InChI=1S/C18H21F2N5O2/c1-10-7-16(25-17(22-10)18(3,19)20)24-13-8-15(23-11(2)26)21-9-12(13)14-5-4-6-27-14/h7-9,14H,4-6H2,1-3H3,(H2,21,22,23,24,25,26)/t14-/m0/s1. The van der Waals surface area contributed by atoms with Gasteiger partial charge in [0.05, 0.1) is 11.8 Å². The maximum atomic E-state index is 13.7. The van der Waals surface area contributed by atoms with Crippen LogP contribution in [0, 0.1) is 6.92 Å². The first-order chi connectivity index (χ1) is 12.7. The van der Waals surface area contributed by atoms with Crippen molar-refractivity contribution in [2.75, 3.05) is 17.2 Å². The second kappa shape index (κ2) is 7.51. The van der Waals surface area contributed by atoms with Crippen LogP contribution < -0.4 is 10.6 Å². The fourth-order valence-electron chi connectivity index (χ4n) is 2.87. The number of aromatic nitrogens is 3. The van der Waals surface area contributed by atoms with Crippen molar-refractivity contribution in [3.05, 3.63) is 35.4 Å². The van der Waals surface area contributed by atoms with Gasteiger partial charge in [0.15, 0.2) is 0 Å². The minimum atomic E-state index is -3.15. The molecule has 0 spiro atoms. The minimum absolute atomic E-state index is 0.151. The molecule has 0 bridgehead atoms. The largest absolute Gasteiger partial charge is 0.373 e. The molecule has 7 nitrogen and oxygen atoms in total. The quantitative estimate of drug-likeness (QED) is 0.823. The Morgan fingerprint density at radius 2 is 2.07 bits per heavy atom. The van der Waals surface area contributed by atoms with Crippen LogP contribution in [-0.2, 0) is 15.5 Å². The van der Waals surface area contributed by atoms with Crippen molar-refractivity contribution >= 4 is 23.2 Å². The Balaban J connectivity index is 1.98. The summed E-state index contributed by atoms with van der Waals surface area (Å²) < 4.78 is 33.0. The zero-order valence-electron chi connectivity index (χ0n) is 15.3. The van der Waals surface area contributed by atoms with Crippen molar-refractivity contribution < 1.29 is 18.3 Å². The molecule has 1 saturated heterocycles. The zero-order chi connectivity index (χ0) is 19.6. The van der Waals surface area contributed by atoms with Crippen LogP contribution >= 0.6 is 0 Å². The maximum absolute atomic E-state index is 13.7. The van der Waals surface area contributed by atoms with E-state index in [9.17, 15) is 13.6 Å². The van der Waals surface area contributed by atoms with Crippen molar-refractivity contribution in [3.8, 4) is 0 Å². The summed E-state index contributed by atoms with van der Waals surface area (Å²) in [5.41, 5.74) is 1.78. The molecule has 1 fully saturated rings. The first kappa shape index (κ1) is 19.1. The molecule has 2 aromatic heterocycles. The topological polar surface area (TPSA) is 89.0 Å². The number of nitrogens with zero attached hydrogens (tertiary/aromatic N) is 3. The number of hydrogen-bond donors (Lipinski definition) is 2. The van der Waals surface area contributed by atoms with E-state index in [0.717, 1.165) is 25.3 Å². The number of amides is 1. The SMILES string of the molecule is CC(=O)Nc1cc(Nc2cc(C)nc(C(C)(F)F)n2)c([C@@H]2CCCO2)cn1. The number of nitrogens with one attached hydrogen (secondary N) is 2. The molecule has 0 saturated carbocycles. The fourth-order valence-corrected chi connectivity index (χ4v) is 2.87. The van der Waals surface area contributed by atoms with Crippen LogP contribution in [0.3, 0.4) is 0 Å². The molecule has 3 heterocycles. The molecule has 0 unspecified atom stereocenters. The number of carbonyl (C=O) groups excluding carboxylic acids is 1. The van der Waals surface area contributed by atoms with Crippen LogP contribution in [0.5, 0.6) is 0 Å². The van der Waals surface area contributed by atoms with E-state index in [1.807, 2.05) is 0 Å². The van der Waals surface area contributed by atoms with Crippen molar-refractivity contribution in [2.45, 2.75) is 45.6 Å². The smallest absolute Gasteiger partial charge is 0.303 e. The number of carbonyl (C=O) groups is 1. The summed E-state index contributed by atoms with van der Waals surface area (Å²) in [6, 6.07) is 3.21. The summed E-state index contributed by atoms with van der Waals surface area (Å²) in [5.74, 6) is -3.39. The summed E-state index contributed by atoms with van der Waals surface area (Å²) in [7, 11) is 0. The minimum Gasteiger partial charge on any atom is -0.373 e. The van der Waals surface area contributed by atoms with Gasteiger partial charge >= 0.3 is 5.92 Å². The summed E-state index contributed by atoms with van der Waals surface area (Å²) in [6.45, 7) is 4.41. The number of hydrogen-bond acceptors (Lipinski definition) is 6. The molecule has 3 rings (SSSR count). The van der Waals surface area contributed by atoms with Gasteiger partial charge in [0.2, 0.25) is 11.7 Å². The van der Waals surface area contributed by atoms with Gasteiger partial charge in [-0.2, -0.15) is 8.78 Å². The summed E-state index contributed by atoms with van der Waals surface area (Å²) >= 11 is 0. The maximum Gasteiger partial charge on any atom is 0.303 e. The molecule has 2 N–H and O–H groups in total. The molecule has 1 aliphatic heterocycles. The first-order valence-corrected chi connectivity index (χ1v) is 8.62. The number of alkyl halides is 2.